The number of fused-ring (bicyclic) bond motifs is 1. The minimum atomic E-state index is -1.07. The highest BCUT2D eigenvalue weighted by molar-refractivity contribution is 7.91. The second-order valence-electron chi connectivity index (χ2n) is 8.54. The third kappa shape index (κ3) is 3.64. The van der Waals surface area contributed by atoms with Gasteiger partial charge < -0.3 is 19.9 Å². The number of benzene rings is 1. The zero-order valence-corrected chi connectivity index (χ0v) is 17.7. The van der Waals surface area contributed by atoms with Gasteiger partial charge in [-0.15, -0.1) is 6.42 Å². The van der Waals surface area contributed by atoms with Crippen LogP contribution >= 0.6 is 0 Å². The van der Waals surface area contributed by atoms with Crippen LogP contribution in [0.1, 0.15) is 48.4 Å². The fraction of sp³-hybridized carbons (Fsp3) is 0.478. The molecular weight excluding hydrogens is 396 g/mol. The van der Waals surface area contributed by atoms with Gasteiger partial charge in [0.25, 0.3) is 0 Å². The first kappa shape index (κ1) is 19.7. The van der Waals surface area contributed by atoms with Crippen molar-refractivity contribution >= 4 is 22.9 Å². The number of piperidine rings is 1. The molecule has 2 aromatic rings. The lowest BCUT2D eigenvalue weighted by Crippen LogP contribution is -2.35. The van der Waals surface area contributed by atoms with Gasteiger partial charge in [-0.1, -0.05) is 18.1 Å². The van der Waals surface area contributed by atoms with Crippen molar-refractivity contribution in [3.05, 3.63) is 41.1 Å². The Kier molecular flexibility index (Phi) is 5.10. The van der Waals surface area contributed by atoms with Crippen LogP contribution < -0.4 is 10.2 Å². The van der Waals surface area contributed by atoms with Crippen LogP contribution in [0.15, 0.2) is 29.2 Å². The number of aromatic nitrogens is 2. The van der Waals surface area contributed by atoms with E-state index in [0.717, 1.165) is 61.3 Å². The molecule has 1 unspecified atom stereocenters. The Morgan fingerprint density at radius 1 is 1.23 bits per heavy atom. The molecular formula is C23H26N4O2S. The normalized spacial score (nSPS) is 22.4. The summed E-state index contributed by atoms with van der Waals surface area (Å²) < 4.78 is 12.5. The average Bonchev–Trinajstić information content (AvgIpc) is 3.47. The van der Waals surface area contributed by atoms with Gasteiger partial charge in [0.15, 0.2) is 5.82 Å². The maximum absolute atomic E-state index is 12.5. The van der Waals surface area contributed by atoms with Gasteiger partial charge in [0.2, 0.25) is 10.8 Å². The van der Waals surface area contributed by atoms with Crippen molar-refractivity contribution in [1.29, 1.82) is 0 Å². The highest BCUT2D eigenvalue weighted by atomic mass is 32.2. The molecule has 3 aliphatic rings. The molecule has 1 saturated carbocycles. The zero-order valence-electron chi connectivity index (χ0n) is 16.9. The molecule has 6 nitrogen and oxygen atoms in total. The second-order valence-corrected chi connectivity index (χ2v) is 10.0. The molecule has 0 amide bonds. The number of aryl methyl sites for hydroxylation is 1. The van der Waals surface area contributed by atoms with Crippen molar-refractivity contribution < 1.29 is 9.66 Å². The SMILES string of the molecule is C#Cc1ccc(C2CCN(c3nc4c(c(NC5(CO)CC5)n3)[S+]([O-])CC4)CC2)cc1. The molecule has 0 radical (unpaired) electrons. The van der Waals surface area contributed by atoms with Crippen LogP contribution in [0.2, 0.25) is 0 Å². The van der Waals surface area contributed by atoms with Gasteiger partial charge >= 0.3 is 0 Å². The number of rotatable bonds is 5. The Labute approximate surface area is 180 Å². The number of nitrogens with zero attached hydrogens (tertiary/aromatic N) is 3. The highest BCUT2D eigenvalue weighted by Crippen LogP contribution is 2.42. The quantitative estimate of drug-likeness (QED) is 0.569. The van der Waals surface area contributed by atoms with Crippen molar-refractivity contribution in [2.45, 2.75) is 48.5 Å². The summed E-state index contributed by atoms with van der Waals surface area (Å²) in [6, 6.07) is 8.31. The zero-order chi connectivity index (χ0) is 20.7. The fourth-order valence-corrected chi connectivity index (χ4v) is 5.70. The number of terminal acetylenes is 1. The van der Waals surface area contributed by atoms with Gasteiger partial charge in [0.05, 0.1) is 12.1 Å². The lowest BCUT2D eigenvalue weighted by molar-refractivity contribution is 0.265. The minimum Gasteiger partial charge on any atom is -0.611 e. The van der Waals surface area contributed by atoms with Gasteiger partial charge in [0.1, 0.15) is 11.4 Å². The van der Waals surface area contributed by atoms with Gasteiger partial charge in [-0.25, -0.2) is 4.98 Å². The number of aliphatic hydroxyl groups is 1. The molecule has 0 spiro atoms. The van der Waals surface area contributed by atoms with E-state index in [0.29, 0.717) is 23.4 Å². The largest absolute Gasteiger partial charge is 0.611 e. The van der Waals surface area contributed by atoms with Crippen LogP contribution in [0.5, 0.6) is 0 Å². The van der Waals surface area contributed by atoms with E-state index in [1.165, 1.54) is 5.56 Å². The summed E-state index contributed by atoms with van der Waals surface area (Å²) in [6.45, 7) is 1.83. The summed E-state index contributed by atoms with van der Waals surface area (Å²) in [7, 11) is 0. The van der Waals surface area contributed by atoms with E-state index in [1.54, 1.807) is 0 Å². The van der Waals surface area contributed by atoms with Gasteiger partial charge in [-0.3, -0.25) is 0 Å². The van der Waals surface area contributed by atoms with Crippen LogP contribution in [0, 0.1) is 12.3 Å². The van der Waals surface area contributed by atoms with Crippen molar-refractivity contribution in [3.8, 4) is 12.3 Å². The summed E-state index contributed by atoms with van der Waals surface area (Å²) in [5.74, 6) is 5.15. The second kappa shape index (κ2) is 7.77. The monoisotopic (exact) mass is 422 g/mol. The minimum absolute atomic E-state index is 0.0671. The van der Waals surface area contributed by atoms with E-state index in [1.807, 2.05) is 12.1 Å². The number of nitrogens with one attached hydrogen (secondary N) is 1. The molecule has 2 aliphatic heterocycles. The topological polar surface area (TPSA) is 84.3 Å². The smallest absolute Gasteiger partial charge is 0.227 e. The first-order valence-electron chi connectivity index (χ1n) is 10.6. The van der Waals surface area contributed by atoms with Crippen LogP contribution in [-0.4, -0.2) is 50.6 Å². The fourth-order valence-electron chi connectivity index (χ4n) is 4.40. The Balaban J connectivity index is 1.34. The highest BCUT2D eigenvalue weighted by Gasteiger charge is 2.45. The molecule has 1 saturated heterocycles. The molecule has 2 fully saturated rings. The van der Waals surface area contributed by atoms with Crippen molar-refractivity contribution in [3.63, 3.8) is 0 Å². The Hall–Kier alpha value is -2.27. The third-order valence-electron chi connectivity index (χ3n) is 6.54. The predicted octanol–water partition coefficient (Wildman–Crippen LogP) is 2.44. The predicted molar refractivity (Wildman–Crippen MR) is 118 cm³/mol. The van der Waals surface area contributed by atoms with E-state index in [4.69, 9.17) is 16.4 Å². The van der Waals surface area contributed by atoms with Crippen molar-refractivity contribution in [2.75, 3.05) is 35.7 Å². The number of hydrogen-bond acceptors (Lipinski definition) is 6. The van der Waals surface area contributed by atoms with E-state index in [9.17, 15) is 9.66 Å². The van der Waals surface area contributed by atoms with Crippen LogP contribution in [0.25, 0.3) is 0 Å². The Bertz CT molecular complexity index is 976. The van der Waals surface area contributed by atoms with E-state index in [2.05, 4.69) is 28.3 Å². The average molecular weight is 423 g/mol. The van der Waals surface area contributed by atoms with Crippen LogP contribution in [0.4, 0.5) is 11.8 Å². The lowest BCUT2D eigenvalue weighted by atomic mass is 9.89. The first-order chi connectivity index (χ1) is 14.6. The van der Waals surface area contributed by atoms with E-state index >= 15 is 0 Å². The van der Waals surface area contributed by atoms with Crippen molar-refractivity contribution in [1.82, 2.24) is 9.97 Å². The Morgan fingerprint density at radius 3 is 2.60 bits per heavy atom. The molecule has 7 heteroatoms. The summed E-state index contributed by atoms with van der Waals surface area (Å²) in [5, 5.41) is 13.1. The van der Waals surface area contributed by atoms with E-state index < -0.39 is 11.2 Å². The molecule has 30 heavy (non-hydrogen) atoms. The molecule has 3 heterocycles. The summed E-state index contributed by atoms with van der Waals surface area (Å²) in [4.78, 5) is 12.5. The molecule has 1 aromatic carbocycles. The number of anilines is 2. The number of hydrogen-bond donors (Lipinski definition) is 2. The molecule has 1 aromatic heterocycles. The summed E-state index contributed by atoms with van der Waals surface area (Å²) >= 11 is -1.07. The van der Waals surface area contributed by atoms with E-state index in [-0.39, 0.29) is 12.1 Å². The van der Waals surface area contributed by atoms with Gasteiger partial charge in [-0.05, 0) is 60.5 Å². The molecule has 156 valence electrons. The number of aliphatic hydroxyl groups excluding tert-OH is 1. The third-order valence-corrected chi connectivity index (χ3v) is 8.00. The molecule has 0 bridgehead atoms. The molecule has 2 N–H and O–H groups in total. The first-order valence-corrected chi connectivity index (χ1v) is 11.9. The van der Waals surface area contributed by atoms with Gasteiger partial charge in [0, 0.05) is 25.1 Å². The summed E-state index contributed by atoms with van der Waals surface area (Å²) in [6.07, 6.45) is 10.1. The molecule has 1 aliphatic carbocycles. The molecule has 5 rings (SSSR count). The molecule has 1 atom stereocenters. The standard InChI is InChI=1S/C23H26N4O2S/c1-2-16-3-5-17(6-4-16)18-7-12-27(13-8-18)22-24-19-9-14-30(29)20(19)21(25-22)26-23(15-28)10-11-23/h1,3-6,18,28H,7-15H2,(H,24,25,26). The maximum Gasteiger partial charge on any atom is 0.227 e. The van der Waals surface area contributed by atoms with Gasteiger partial charge in [-0.2, -0.15) is 4.98 Å². The maximum atomic E-state index is 12.5. The van der Waals surface area contributed by atoms with Crippen molar-refractivity contribution in [2.24, 2.45) is 0 Å². The lowest BCUT2D eigenvalue weighted by Gasteiger charge is -2.32. The van der Waals surface area contributed by atoms with Crippen LogP contribution in [-0.2, 0) is 17.6 Å². The Morgan fingerprint density at radius 2 is 1.97 bits per heavy atom. The van der Waals surface area contributed by atoms with Crippen LogP contribution in [0.3, 0.4) is 0 Å². The summed E-state index contributed by atoms with van der Waals surface area (Å²) in [5.41, 5.74) is 2.84.